The SMILES string of the molecule is CCCCCN1CC[C@@H](c2ccsc2)[C@H](COc2cccc([N+](=O)[O-])c2)C1. The van der Waals surface area contributed by atoms with Crippen LogP contribution in [0.5, 0.6) is 5.75 Å². The smallest absolute Gasteiger partial charge is 0.273 e. The van der Waals surface area contributed by atoms with Crippen molar-refractivity contribution in [2.45, 2.75) is 38.5 Å². The number of nitrogens with zero attached hydrogens (tertiary/aromatic N) is 2. The second-order valence-electron chi connectivity index (χ2n) is 7.29. The Balaban J connectivity index is 1.65. The molecule has 1 aromatic heterocycles. The van der Waals surface area contributed by atoms with E-state index in [-0.39, 0.29) is 10.6 Å². The van der Waals surface area contributed by atoms with Gasteiger partial charge >= 0.3 is 0 Å². The Hall–Kier alpha value is -1.92. The molecule has 0 amide bonds. The van der Waals surface area contributed by atoms with Crippen molar-refractivity contribution in [1.29, 1.82) is 0 Å². The van der Waals surface area contributed by atoms with Crippen molar-refractivity contribution in [1.82, 2.24) is 4.90 Å². The monoisotopic (exact) mass is 388 g/mol. The molecule has 1 saturated heterocycles. The number of nitro benzene ring substituents is 1. The molecule has 0 unspecified atom stereocenters. The second kappa shape index (κ2) is 9.85. The van der Waals surface area contributed by atoms with Crippen LogP contribution < -0.4 is 4.74 Å². The normalized spacial score (nSPS) is 20.5. The highest BCUT2D eigenvalue weighted by Gasteiger charge is 2.31. The summed E-state index contributed by atoms with van der Waals surface area (Å²) in [6, 6.07) is 8.72. The lowest BCUT2D eigenvalue weighted by Crippen LogP contribution is -2.42. The third-order valence-electron chi connectivity index (χ3n) is 5.36. The van der Waals surface area contributed by atoms with E-state index < -0.39 is 0 Å². The molecule has 1 aliphatic heterocycles. The number of nitro groups is 1. The molecule has 1 aromatic carbocycles. The van der Waals surface area contributed by atoms with Gasteiger partial charge in [0, 0.05) is 18.5 Å². The van der Waals surface area contributed by atoms with Gasteiger partial charge in [0.1, 0.15) is 5.75 Å². The molecule has 1 fully saturated rings. The average molecular weight is 389 g/mol. The minimum atomic E-state index is -0.378. The summed E-state index contributed by atoms with van der Waals surface area (Å²) in [4.78, 5) is 13.2. The van der Waals surface area contributed by atoms with Crippen LogP contribution in [0.25, 0.3) is 0 Å². The van der Waals surface area contributed by atoms with Crippen LogP contribution >= 0.6 is 11.3 Å². The van der Waals surface area contributed by atoms with Crippen LogP contribution in [-0.2, 0) is 0 Å². The summed E-state index contributed by atoms with van der Waals surface area (Å²) in [7, 11) is 0. The van der Waals surface area contributed by atoms with Gasteiger partial charge in [-0.1, -0.05) is 25.8 Å². The number of non-ortho nitro benzene ring substituents is 1. The first-order valence-electron chi connectivity index (χ1n) is 9.79. The van der Waals surface area contributed by atoms with Crippen molar-refractivity contribution in [2.24, 2.45) is 5.92 Å². The van der Waals surface area contributed by atoms with Gasteiger partial charge in [-0.05, 0) is 60.3 Å². The fourth-order valence-corrected chi connectivity index (χ4v) is 4.60. The van der Waals surface area contributed by atoms with Gasteiger partial charge in [0.2, 0.25) is 0 Å². The lowest BCUT2D eigenvalue weighted by molar-refractivity contribution is -0.384. The van der Waals surface area contributed by atoms with Crippen molar-refractivity contribution in [3.05, 3.63) is 56.8 Å². The van der Waals surface area contributed by atoms with Gasteiger partial charge in [-0.25, -0.2) is 0 Å². The minimum absolute atomic E-state index is 0.0757. The highest BCUT2D eigenvalue weighted by molar-refractivity contribution is 7.07. The van der Waals surface area contributed by atoms with E-state index in [4.69, 9.17) is 4.74 Å². The van der Waals surface area contributed by atoms with Crippen LogP contribution in [0.3, 0.4) is 0 Å². The van der Waals surface area contributed by atoms with Gasteiger partial charge in [0.15, 0.2) is 0 Å². The molecule has 0 radical (unpaired) electrons. The molecule has 146 valence electrons. The molecule has 2 atom stereocenters. The van der Waals surface area contributed by atoms with E-state index >= 15 is 0 Å². The Kier molecular flexibility index (Phi) is 7.24. The van der Waals surface area contributed by atoms with E-state index in [1.807, 2.05) is 0 Å². The Bertz CT molecular complexity index is 720. The van der Waals surface area contributed by atoms with E-state index in [2.05, 4.69) is 28.7 Å². The molecule has 3 rings (SSSR count). The van der Waals surface area contributed by atoms with Crippen LogP contribution in [0, 0.1) is 16.0 Å². The third-order valence-corrected chi connectivity index (χ3v) is 6.06. The summed E-state index contributed by atoms with van der Waals surface area (Å²) in [5.74, 6) is 1.47. The molecular formula is C21H28N2O3S. The molecule has 0 N–H and O–H groups in total. The summed E-state index contributed by atoms with van der Waals surface area (Å²) in [6.45, 7) is 6.14. The molecule has 0 aliphatic carbocycles. The molecule has 1 aliphatic rings. The molecule has 0 spiro atoms. The number of piperidine rings is 1. The van der Waals surface area contributed by atoms with Crippen LogP contribution in [0.2, 0.25) is 0 Å². The Labute approximate surface area is 165 Å². The number of benzene rings is 1. The van der Waals surface area contributed by atoms with Gasteiger partial charge in [-0.15, -0.1) is 0 Å². The molecule has 6 heteroatoms. The van der Waals surface area contributed by atoms with Gasteiger partial charge in [0.25, 0.3) is 5.69 Å². The maximum Gasteiger partial charge on any atom is 0.273 e. The summed E-state index contributed by atoms with van der Waals surface area (Å²) >= 11 is 1.74. The lowest BCUT2D eigenvalue weighted by Gasteiger charge is -2.38. The van der Waals surface area contributed by atoms with Crippen LogP contribution in [0.15, 0.2) is 41.1 Å². The standard InChI is InChI=1S/C21H28N2O3S/c1-2-3-4-10-22-11-8-21(17-9-12-27-16-17)18(14-22)15-26-20-7-5-6-19(13-20)23(24)25/h5-7,9,12-13,16,18,21H,2-4,8,10-11,14-15H2,1H3/t18-,21-/m0/s1. The Morgan fingerprint density at radius 2 is 2.22 bits per heavy atom. The summed E-state index contributed by atoms with van der Waals surface area (Å²) < 4.78 is 6.01. The van der Waals surface area contributed by atoms with Gasteiger partial charge in [-0.2, -0.15) is 11.3 Å². The Morgan fingerprint density at radius 3 is 2.96 bits per heavy atom. The van der Waals surface area contributed by atoms with Crippen molar-refractivity contribution >= 4 is 17.0 Å². The summed E-state index contributed by atoms with van der Waals surface area (Å²) in [5, 5.41) is 15.4. The fraction of sp³-hybridized carbons (Fsp3) is 0.524. The number of hydrogen-bond acceptors (Lipinski definition) is 5. The largest absolute Gasteiger partial charge is 0.493 e. The first-order valence-corrected chi connectivity index (χ1v) is 10.7. The molecule has 0 bridgehead atoms. The van der Waals surface area contributed by atoms with Crippen molar-refractivity contribution in [2.75, 3.05) is 26.2 Å². The number of ether oxygens (including phenoxy) is 1. The zero-order valence-corrected chi connectivity index (χ0v) is 16.7. The third kappa shape index (κ3) is 5.53. The van der Waals surface area contributed by atoms with Gasteiger partial charge < -0.3 is 9.64 Å². The predicted octanol–water partition coefficient (Wildman–Crippen LogP) is 5.33. The molecular weight excluding hydrogens is 360 g/mol. The average Bonchev–Trinajstić information content (AvgIpc) is 3.21. The van der Waals surface area contributed by atoms with Crippen LogP contribution in [0.1, 0.15) is 44.1 Å². The van der Waals surface area contributed by atoms with E-state index in [1.54, 1.807) is 23.5 Å². The van der Waals surface area contributed by atoms with E-state index in [0.29, 0.717) is 24.2 Å². The van der Waals surface area contributed by atoms with Gasteiger partial charge in [0.05, 0.1) is 17.6 Å². The maximum absolute atomic E-state index is 11.0. The Morgan fingerprint density at radius 1 is 1.33 bits per heavy atom. The van der Waals surface area contributed by atoms with Crippen LogP contribution in [0.4, 0.5) is 5.69 Å². The quantitative estimate of drug-likeness (QED) is 0.331. The second-order valence-corrected chi connectivity index (χ2v) is 8.07. The van der Waals surface area contributed by atoms with E-state index in [1.165, 1.54) is 37.0 Å². The number of hydrogen-bond donors (Lipinski definition) is 0. The van der Waals surface area contributed by atoms with Gasteiger partial charge in [-0.3, -0.25) is 10.1 Å². The highest BCUT2D eigenvalue weighted by atomic mass is 32.1. The zero-order valence-electron chi connectivity index (χ0n) is 15.9. The van der Waals surface area contributed by atoms with E-state index in [0.717, 1.165) is 26.1 Å². The lowest BCUT2D eigenvalue weighted by atomic mass is 9.82. The maximum atomic E-state index is 11.0. The highest BCUT2D eigenvalue weighted by Crippen LogP contribution is 2.35. The predicted molar refractivity (Wildman–Crippen MR) is 110 cm³/mol. The van der Waals surface area contributed by atoms with Crippen molar-refractivity contribution in [3.8, 4) is 5.75 Å². The summed E-state index contributed by atoms with van der Waals surface area (Å²) in [5.41, 5.74) is 1.48. The van der Waals surface area contributed by atoms with Crippen LogP contribution in [-0.4, -0.2) is 36.1 Å². The first-order chi connectivity index (χ1) is 13.2. The van der Waals surface area contributed by atoms with Crippen molar-refractivity contribution < 1.29 is 9.66 Å². The molecule has 2 aromatic rings. The first kappa shape index (κ1) is 19.8. The molecule has 5 nitrogen and oxygen atoms in total. The van der Waals surface area contributed by atoms with Crippen molar-refractivity contribution in [3.63, 3.8) is 0 Å². The number of thiophene rings is 1. The topological polar surface area (TPSA) is 55.6 Å². The molecule has 0 saturated carbocycles. The minimum Gasteiger partial charge on any atom is -0.493 e. The van der Waals surface area contributed by atoms with E-state index in [9.17, 15) is 10.1 Å². The number of likely N-dealkylation sites (tertiary alicyclic amines) is 1. The number of unbranched alkanes of at least 4 members (excludes halogenated alkanes) is 2. The molecule has 27 heavy (non-hydrogen) atoms. The number of rotatable bonds is 9. The fourth-order valence-electron chi connectivity index (χ4n) is 3.88. The zero-order chi connectivity index (χ0) is 19.1. The molecule has 2 heterocycles. The summed E-state index contributed by atoms with van der Waals surface area (Å²) in [6.07, 6.45) is 4.91.